The second-order valence-corrected chi connectivity index (χ2v) is 8.88. The van der Waals surface area contributed by atoms with Gasteiger partial charge in [0.05, 0.1) is 21.8 Å². The zero-order chi connectivity index (χ0) is 20.0. The highest BCUT2D eigenvalue weighted by molar-refractivity contribution is 7.21. The van der Waals surface area contributed by atoms with E-state index in [1.807, 2.05) is 47.0 Å². The molecule has 0 saturated heterocycles. The average Bonchev–Trinajstić information content (AvgIpc) is 3.27. The molecule has 0 aliphatic heterocycles. The molecule has 5 rings (SSSR count). The van der Waals surface area contributed by atoms with E-state index in [1.165, 1.54) is 22.7 Å². The van der Waals surface area contributed by atoms with E-state index < -0.39 is 0 Å². The summed E-state index contributed by atoms with van der Waals surface area (Å²) >= 11 is 9.30. The van der Waals surface area contributed by atoms with Crippen molar-refractivity contribution < 1.29 is 4.79 Å². The molecule has 0 bridgehead atoms. The Hall–Kier alpha value is -2.91. The summed E-state index contributed by atoms with van der Waals surface area (Å²) in [5.41, 5.74) is 0.973. The lowest BCUT2D eigenvalue weighted by Gasteiger charge is -2.02. The van der Waals surface area contributed by atoms with E-state index in [1.54, 1.807) is 0 Å². The molecule has 2 heterocycles. The number of hydrogen-bond donors (Lipinski definition) is 0. The van der Waals surface area contributed by atoms with Gasteiger partial charge in [0.1, 0.15) is 4.88 Å². The van der Waals surface area contributed by atoms with Crippen molar-refractivity contribution in [3.63, 3.8) is 0 Å². The number of halogens is 1. The summed E-state index contributed by atoms with van der Waals surface area (Å²) in [5, 5.41) is 3.58. The highest BCUT2D eigenvalue weighted by Crippen LogP contribution is 2.35. The molecule has 0 atom stereocenters. The molecule has 0 spiro atoms. The third-order valence-electron chi connectivity index (χ3n) is 4.75. The SMILES string of the molecule is C#CCn1c(=NC(=O)c2sc3ccccc3c2Cl)sc2c3ccccc3ccc21. The van der Waals surface area contributed by atoms with Crippen LogP contribution in [-0.4, -0.2) is 10.5 Å². The fourth-order valence-corrected chi connectivity index (χ4v) is 5.98. The highest BCUT2D eigenvalue weighted by Gasteiger charge is 2.17. The highest BCUT2D eigenvalue weighted by atomic mass is 35.5. The first-order valence-corrected chi connectivity index (χ1v) is 10.9. The fourth-order valence-electron chi connectivity index (χ4n) is 3.42. The quantitative estimate of drug-likeness (QED) is 0.310. The van der Waals surface area contributed by atoms with Crippen LogP contribution in [0.15, 0.2) is 65.7 Å². The first kappa shape index (κ1) is 18.1. The van der Waals surface area contributed by atoms with Gasteiger partial charge in [-0.1, -0.05) is 77.4 Å². The summed E-state index contributed by atoms with van der Waals surface area (Å²) in [6.07, 6.45) is 5.60. The maximum absolute atomic E-state index is 13.0. The molecule has 0 unspecified atom stereocenters. The molecule has 5 aromatic rings. The van der Waals surface area contributed by atoms with Crippen molar-refractivity contribution in [1.29, 1.82) is 0 Å². The second-order valence-electron chi connectivity index (χ2n) is 6.47. The number of benzene rings is 3. The van der Waals surface area contributed by atoms with Crippen LogP contribution in [0.2, 0.25) is 5.02 Å². The van der Waals surface area contributed by atoms with Crippen molar-refractivity contribution in [3.05, 3.63) is 75.4 Å². The number of thiazole rings is 1. The van der Waals surface area contributed by atoms with Gasteiger partial charge in [-0.25, -0.2) is 0 Å². The Morgan fingerprint density at radius 1 is 1.03 bits per heavy atom. The number of carbonyl (C=O) groups is 1. The third-order valence-corrected chi connectivity index (χ3v) is 7.54. The van der Waals surface area contributed by atoms with E-state index in [9.17, 15) is 4.79 Å². The van der Waals surface area contributed by atoms with Crippen molar-refractivity contribution >= 4 is 71.3 Å². The van der Waals surface area contributed by atoms with Gasteiger partial charge in [-0.05, 0) is 17.5 Å². The number of nitrogens with zero attached hydrogens (tertiary/aromatic N) is 2. The monoisotopic (exact) mass is 432 g/mol. The van der Waals surface area contributed by atoms with E-state index in [0.29, 0.717) is 21.2 Å². The minimum Gasteiger partial charge on any atom is -0.305 e. The molecule has 3 aromatic carbocycles. The maximum Gasteiger partial charge on any atom is 0.291 e. The zero-order valence-corrected chi connectivity index (χ0v) is 17.4. The van der Waals surface area contributed by atoms with Crippen LogP contribution >= 0.6 is 34.3 Å². The number of amides is 1. The largest absolute Gasteiger partial charge is 0.305 e. The van der Waals surface area contributed by atoms with Gasteiger partial charge >= 0.3 is 0 Å². The number of thiophene rings is 1. The molecule has 6 heteroatoms. The van der Waals surface area contributed by atoms with Gasteiger partial charge in [-0.15, -0.1) is 17.8 Å². The molecule has 2 aromatic heterocycles. The number of carbonyl (C=O) groups excluding carboxylic acids is 1. The third kappa shape index (κ3) is 2.97. The maximum atomic E-state index is 13.0. The van der Waals surface area contributed by atoms with E-state index in [0.717, 1.165) is 31.1 Å². The summed E-state index contributed by atoms with van der Waals surface area (Å²) in [6, 6.07) is 19.9. The molecule has 0 aliphatic rings. The van der Waals surface area contributed by atoms with Crippen LogP contribution in [0.4, 0.5) is 0 Å². The summed E-state index contributed by atoms with van der Waals surface area (Å²) in [6.45, 7) is 0.338. The number of terminal acetylenes is 1. The van der Waals surface area contributed by atoms with E-state index in [2.05, 4.69) is 29.1 Å². The topological polar surface area (TPSA) is 34.4 Å². The lowest BCUT2D eigenvalue weighted by Crippen LogP contribution is -2.16. The van der Waals surface area contributed by atoms with Gasteiger partial charge in [0.25, 0.3) is 5.91 Å². The Kier molecular flexibility index (Phi) is 4.48. The summed E-state index contributed by atoms with van der Waals surface area (Å²) < 4.78 is 3.94. The lowest BCUT2D eigenvalue weighted by atomic mass is 10.1. The van der Waals surface area contributed by atoms with Crippen LogP contribution in [0.1, 0.15) is 9.67 Å². The molecule has 29 heavy (non-hydrogen) atoms. The molecular formula is C23H13ClN2OS2. The van der Waals surface area contributed by atoms with Crippen LogP contribution in [0.25, 0.3) is 31.1 Å². The Labute approximate surface area is 179 Å². The smallest absolute Gasteiger partial charge is 0.291 e. The van der Waals surface area contributed by atoms with E-state index >= 15 is 0 Å². The van der Waals surface area contributed by atoms with E-state index in [4.69, 9.17) is 18.0 Å². The second kappa shape index (κ2) is 7.16. The first-order chi connectivity index (χ1) is 14.2. The molecule has 0 N–H and O–H groups in total. The number of aromatic nitrogens is 1. The number of fused-ring (bicyclic) bond motifs is 4. The lowest BCUT2D eigenvalue weighted by molar-refractivity contribution is 0.100. The number of rotatable bonds is 2. The van der Waals surface area contributed by atoms with Gasteiger partial charge in [-0.2, -0.15) is 4.99 Å². The van der Waals surface area contributed by atoms with Gasteiger partial charge in [0.15, 0.2) is 4.80 Å². The predicted molar refractivity (Wildman–Crippen MR) is 123 cm³/mol. The van der Waals surface area contributed by atoms with Gasteiger partial charge < -0.3 is 4.57 Å². The van der Waals surface area contributed by atoms with Crippen molar-refractivity contribution in [3.8, 4) is 12.3 Å². The number of hydrogen-bond acceptors (Lipinski definition) is 3. The molecule has 0 aliphatic carbocycles. The minimum atomic E-state index is -0.349. The van der Waals surface area contributed by atoms with Crippen LogP contribution in [-0.2, 0) is 6.54 Å². The van der Waals surface area contributed by atoms with Crippen LogP contribution in [0.5, 0.6) is 0 Å². The van der Waals surface area contributed by atoms with Crippen LogP contribution in [0, 0.1) is 12.3 Å². The predicted octanol–water partition coefficient (Wildman–Crippen LogP) is 6.10. The Balaban J connectivity index is 1.74. The van der Waals surface area contributed by atoms with Crippen LogP contribution in [0.3, 0.4) is 0 Å². The van der Waals surface area contributed by atoms with E-state index in [-0.39, 0.29) is 5.91 Å². The van der Waals surface area contributed by atoms with Gasteiger partial charge in [-0.3, -0.25) is 4.79 Å². The summed E-state index contributed by atoms with van der Waals surface area (Å²) in [7, 11) is 0. The molecule has 140 valence electrons. The molecular weight excluding hydrogens is 420 g/mol. The fraction of sp³-hybridized carbons (Fsp3) is 0.0435. The van der Waals surface area contributed by atoms with Crippen molar-refractivity contribution in [2.75, 3.05) is 0 Å². The Morgan fingerprint density at radius 3 is 2.59 bits per heavy atom. The van der Waals surface area contributed by atoms with Crippen molar-refractivity contribution in [2.24, 2.45) is 4.99 Å². The molecule has 1 amide bonds. The minimum absolute atomic E-state index is 0.338. The molecule has 0 saturated carbocycles. The molecule has 0 radical (unpaired) electrons. The van der Waals surface area contributed by atoms with Gasteiger partial charge in [0, 0.05) is 15.5 Å². The normalized spacial score (nSPS) is 12.1. The van der Waals surface area contributed by atoms with Crippen molar-refractivity contribution in [1.82, 2.24) is 4.57 Å². The summed E-state index contributed by atoms with van der Waals surface area (Å²) in [4.78, 5) is 18.4. The Morgan fingerprint density at radius 2 is 1.79 bits per heavy atom. The zero-order valence-electron chi connectivity index (χ0n) is 15.1. The van der Waals surface area contributed by atoms with Gasteiger partial charge in [0.2, 0.25) is 0 Å². The Bertz CT molecular complexity index is 1530. The molecule has 0 fully saturated rings. The summed E-state index contributed by atoms with van der Waals surface area (Å²) in [5.74, 6) is 2.32. The average molecular weight is 433 g/mol. The first-order valence-electron chi connectivity index (χ1n) is 8.88. The standard InChI is InChI=1S/C23H13ClN2OS2/c1-2-13-26-17-12-11-14-7-3-4-8-15(14)20(17)29-23(26)25-22(27)21-19(24)16-9-5-6-10-18(16)28-21/h1,3-12H,13H2. The van der Waals surface area contributed by atoms with Crippen LogP contribution < -0.4 is 4.80 Å². The van der Waals surface area contributed by atoms with Crippen molar-refractivity contribution in [2.45, 2.75) is 6.54 Å². The molecule has 3 nitrogen and oxygen atoms in total.